The third kappa shape index (κ3) is 4.73. The number of likely N-dealkylation sites (tertiary alicyclic amines) is 1. The van der Waals surface area contributed by atoms with Gasteiger partial charge in [-0.05, 0) is 50.1 Å². The number of carbonyl (C=O) groups excluding carboxylic acids is 2. The first-order chi connectivity index (χ1) is 14.1. The smallest absolute Gasteiger partial charge is 0.161 e. The minimum atomic E-state index is -0.207. The van der Waals surface area contributed by atoms with Crippen LogP contribution in [0.5, 0.6) is 0 Å². The van der Waals surface area contributed by atoms with Crippen LogP contribution >= 0.6 is 0 Å². The minimum absolute atomic E-state index is 0.00134. The van der Waals surface area contributed by atoms with Crippen LogP contribution in [0.1, 0.15) is 35.8 Å². The van der Waals surface area contributed by atoms with Crippen LogP contribution in [0.15, 0.2) is 48.9 Å². The Morgan fingerprint density at radius 3 is 2.55 bits per heavy atom. The predicted octanol–water partition coefficient (Wildman–Crippen LogP) is 1.64. The van der Waals surface area contributed by atoms with Gasteiger partial charge in [0.05, 0.1) is 35.5 Å². The molecule has 1 atom stereocenters. The molecule has 8 heteroatoms. The highest BCUT2D eigenvalue weighted by Crippen LogP contribution is 2.29. The van der Waals surface area contributed by atoms with E-state index in [9.17, 15) is 9.90 Å². The van der Waals surface area contributed by atoms with E-state index in [0.717, 1.165) is 43.0 Å². The highest BCUT2D eigenvalue weighted by atomic mass is 16.3. The van der Waals surface area contributed by atoms with E-state index < -0.39 is 0 Å². The van der Waals surface area contributed by atoms with E-state index in [4.69, 9.17) is 4.79 Å². The van der Waals surface area contributed by atoms with Crippen LogP contribution in [0.25, 0.3) is 5.70 Å². The molecule has 2 N–H and O–H groups in total. The number of nitrogens with zero attached hydrogens (tertiary/aromatic N) is 4. The summed E-state index contributed by atoms with van der Waals surface area (Å²) < 4.78 is 0. The van der Waals surface area contributed by atoms with Gasteiger partial charge >= 0.3 is 0 Å². The lowest BCUT2D eigenvalue weighted by atomic mass is 10.1. The molecule has 2 aromatic rings. The second kappa shape index (κ2) is 9.51. The summed E-state index contributed by atoms with van der Waals surface area (Å²) in [4.78, 5) is 30.6. The van der Waals surface area contributed by atoms with Crippen molar-refractivity contribution in [2.24, 2.45) is 0 Å². The van der Waals surface area contributed by atoms with Gasteiger partial charge < -0.3 is 9.90 Å². The van der Waals surface area contributed by atoms with Gasteiger partial charge in [-0.15, -0.1) is 0 Å². The number of pyridine rings is 2. The van der Waals surface area contributed by atoms with Crippen molar-refractivity contribution in [3.63, 3.8) is 0 Å². The first-order valence-electron chi connectivity index (χ1n) is 9.48. The monoisotopic (exact) mass is 395 g/mol. The van der Waals surface area contributed by atoms with Crippen molar-refractivity contribution >= 4 is 24.0 Å². The first kappa shape index (κ1) is 20.8. The van der Waals surface area contributed by atoms with E-state index in [1.165, 1.54) is 6.92 Å². The molecule has 0 amide bonds. The van der Waals surface area contributed by atoms with Gasteiger partial charge in [0.2, 0.25) is 0 Å². The van der Waals surface area contributed by atoms with E-state index in [2.05, 4.69) is 26.4 Å². The summed E-state index contributed by atoms with van der Waals surface area (Å²) in [5, 5.41) is 11.8. The van der Waals surface area contributed by atoms with Crippen molar-refractivity contribution in [1.29, 1.82) is 0 Å². The molecule has 8 nitrogen and oxygen atoms in total. The first-order valence-corrected chi connectivity index (χ1v) is 9.48. The fourth-order valence-electron chi connectivity index (χ4n) is 3.47. The third-order valence-corrected chi connectivity index (χ3v) is 5.05. The van der Waals surface area contributed by atoms with Crippen LogP contribution in [0.2, 0.25) is 0 Å². The minimum Gasteiger partial charge on any atom is -0.393 e. The molecule has 4 rings (SSSR count). The maximum atomic E-state index is 11.5. The van der Waals surface area contributed by atoms with Gasteiger partial charge in [0.1, 0.15) is 6.79 Å². The number of ketones is 1. The molecule has 2 aliphatic heterocycles. The number of nitrogens with one attached hydrogen (secondary N) is 1. The van der Waals surface area contributed by atoms with E-state index in [1.807, 2.05) is 30.0 Å². The van der Waals surface area contributed by atoms with Gasteiger partial charge in [-0.2, -0.15) is 0 Å². The maximum absolute atomic E-state index is 11.5. The number of hydrogen-bond acceptors (Lipinski definition) is 8. The van der Waals surface area contributed by atoms with Crippen molar-refractivity contribution in [1.82, 2.24) is 20.3 Å². The quantitative estimate of drug-likeness (QED) is 0.754. The number of hydrogen-bond donors (Lipinski definition) is 2. The number of hydrazine groups is 1. The molecular weight excluding hydrogens is 370 g/mol. The average molecular weight is 395 g/mol. The fourth-order valence-corrected chi connectivity index (χ4v) is 3.47. The number of piperidine rings is 1. The largest absolute Gasteiger partial charge is 0.393 e. The Bertz CT molecular complexity index is 848. The average Bonchev–Trinajstić information content (AvgIpc) is 3.22. The number of carbonyl (C=O) groups is 2. The molecule has 1 saturated heterocycles. The number of rotatable bonds is 4. The number of anilines is 1. The van der Waals surface area contributed by atoms with Crippen molar-refractivity contribution in [3.8, 4) is 0 Å². The molecule has 0 bridgehead atoms. The molecule has 0 radical (unpaired) electrons. The normalized spacial score (nSPS) is 20.0. The van der Waals surface area contributed by atoms with E-state index >= 15 is 0 Å². The zero-order valence-corrected chi connectivity index (χ0v) is 16.4. The van der Waals surface area contributed by atoms with Crippen molar-refractivity contribution < 1.29 is 14.7 Å². The summed E-state index contributed by atoms with van der Waals surface area (Å²) in [5.74, 6) is 0.00134. The van der Waals surface area contributed by atoms with Crippen molar-refractivity contribution in [2.75, 3.05) is 18.1 Å². The van der Waals surface area contributed by atoms with E-state index in [1.54, 1.807) is 24.7 Å². The topological polar surface area (TPSA) is 98.7 Å². The molecule has 2 aliphatic rings. The summed E-state index contributed by atoms with van der Waals surface area (Å²) in [7, 11) is 0. The fraction of sp³-hybridized carbons (Fsp3) is 0.333. The lowest BCUT2D eigenvalue weighted by Crippen LogP contribution is -2.50. The zero-order valence-electron chi connectivity index (χ0n) is 16.4. The molecule has 0 aromatic carbocycles. The maximum Gasteiger partial charge on any atom is 0.161 e. The summed E-state index contributed by atoms with van der Waals surface area (Å²) in [6.45, 7) is 5.20. The van der Waals surface area contributed by atoms with Gasteiger partial charge in [-0.3, -0.25) is 24.7 Å². The summed E-state index contributed by atoms with van der Waals surface area (Å²) in [5.41, 5.74) is 6.74. The lowest BCUT2D eigenvalue weighted by molar-refractivity contribution is -0.0980. The SMILES string of the molecule is C=O.CC(=O)c1ccc(C2=CC(N3CCC(O)CC3)NN2c2cccnc2)nc1. The Kier molecular flexibility index (Phi) is 6.82. The highest BCUT2D eigenvalue weighted by molar-refractivity contribution is 5.94. The Morgan fingerprint density at radius 2 is 1.97 bits per heavy atom. The second-order valence-electron chi connectivity index (χ2n) is 6.93. The van der Waals surface area contributed by atoms with Gasteiger partial charge in [0, 0.05) is 31.0 Å². The standard InChI is InChI=1S/C20H23N5O2.CH2O/c1-14(26)15-4-5-18(22-12-15)19-11-20(24-9-6-17(27)7-10-24)23-25(19)16-3-2-8-21-13-16;1-2/h2-5,8,11-13,17,20,23,27H,6-7,9-10H2,1H3;1H2. The zero-order chi connectivity index (χ0) is 20.8. The lowest BCUT2D eigenvalue weighted by Gasteiger charge is -2.34. The van der Waals surface area contributed by atoms with Gasteiger partial charge in [0.15, 0.2) is 5.78 Å². The third-order valence-electron chi connectivity index (χ3n) is 5.05. The van der Waals surface area contributed by atoms with Crippen LogP contribution in [0.4, 0.5) is 5.69 Å². The number of Topliss-reactive ketones (excluding diaryl/α,β-unsaturated/α-hetero) is 1. The summed E-state index contributed by atoms with van der Waals surface area (Å²) in [6, 6.07) is 7.55. The Morgan fingerprint density at radius 1 is 1.21 bits per heavy atom. The van der Waals surface area contributed by atoms with Crippen LogP contribution in [-0.4, -0.2) is 57.9 Å². The number of aliphatic hydroxyl groups is 1. The predicted molar refractivity (Wildman–Crippen MR) is 110 cm³/mol. The number of aromatic nitrogens is 2. The molecular formula is C21H25N5O3. The van der Waals surface area contributed by atoms with Crippen molar-refractivity contribution in [3.05, 3.63) is 60.2 Å². The molecule has 0 saturated carbocycles. The molecule has 0 spiro atoms. The van der Waals surface area contributed by atoms with E-state index in [-0.39, 0.29) is 18.1 Å². The molecule has 0 aliphatic carbocycles. The van der Waals surface area contributed by atoms with Gasteiger partial charge in [-0.1, -0.05) is 0 Å². The summed E-state index contributed by atoms with van der Waals surface area (Å²) in [6.07, 6.45) is 8.66. The summed E-state index contributed by atoms with van der Waals surface area (Å²) >= 11 is 0. The Balaban J connectivity index is 0.00000117. The van der Waals surface area contributed by atoms with E-state index in [0.29, 0.717) is 5.56 Å². The van der Waals surface area contributed by atoms with Crippen LogP contribution in [0, 0.1) is 0 Å². The van der Waals surface area contributed by atoms with Crippen LogP contribution in [0.3, 0.4) is 0 Å². The molecule has 152 valence electrons. The van der Waals surface area contributed by atoms with Gasteiger partial charge in [0.25, 0.3) is 0 Å². The Labute approximate surface area is 169 Å². The second-order valence-corrected chi connectivity index (χ2v) is 6.93. The van der Waals surface area contributed by atoms with Crippen molar-refractivity contribution in [2.45, 2.75) is 32.0 Å². The molecule has 4 heterocycles. The highest BCUT2D eigenvalue weighted by Gasteiger charge is 2.31. The molecule has 29 heavy (non-hydrogen) atoms. The van der Waals surface area contributed by atoms with Crippen LogP contribution in [-0.2, 0) is 4.79 Å². The number of aliphatic hydroxyl groups excluding tert-OH is 1. The molecule has 2 aromatic heterocycles. The molecule has 1 unspecified atom stereocenters. The Hall–Kier alpha value is -2.94. The van der Waals surface area contributed by atoms with Crippen LogP contribution < -0.4 is 10.4 Å². The molecule has 1 fully saturated rings. The van der Waals surface area contributed by atoms with Gasteiger partial charge in [-0.25, -0.2) is 5.43 Å².